The van der Waals surface area contributed by atoms with E-state index in [2.05, 4.69) is 28.6 Å². The third-order valence-electron chi connectivity index (χ3n) is 3.53. The zero-order valence-electron chi connectivity index (χ0n) is 10.7. The number of rotatable bonds is 3. The van der Waals surface area contributed by atoms with Crippen LogP contribution in [0.2, 0.25) is 0 Å². The first-order valence-electron chi connectivity index (χ1n) is 6.54. The Balaban J connectivity index is 2.23. The van der Waals surface area contributed by atoms with Crippen molar-refractivity contribution in [3.05, 3.63) is 28.2 Å². The summed E-state index contributed by atoms with van der Waals surface area (Å²) in [5.74, 6) is 0.0286. The molecule has 1 aliphatic rings. The minimum Gasteiger partial charge on any atom is -0.396 e. The molecule has 1 aliphatic heterocycles. The molecule has 1 aromatic carbocycles. The van der Waals surface area contributed by atoms with E-state index >= 15 is 0 Å². The van der Waals surface area contributed by atoms with E-state index in [1.807, 2.05) is 17.0 Å². The topological polar surface area (TPSA) is 40.5 Å². The molecule has 3 nitrogen and oxygen atoms in total. The Morgan fingerprint density at radius 3 is 3.00 bits per heavy atom. The van der Waals surface area contributed by atoms with E-state index in [0.717, 1.165) is 35.2 Å². The molecule has 104 valence electrons. The monoisotopic (exact) mass is 343 g/mol. The summed E-state index contributed by atoms with van der Waals surface area (Å²) < 4.78 is 0.795. The van der Waals surface area contributed by atoms with Crippen molar-refractivity contribution in [2.75, 3.05) is 13.2 Å². The van der Waals surface area contributed by atoms with Gasteiger partial charge in [0.15, 0.2) is 0 Å². The molecule has 1 aromatic rings. The largest absolute Gasteiger partial charge is 0.396 e. The summed E-state index contributed by atoms with van der Waals surface area (Å²) in [5.41, 5.74) is 0.650. The number of hydrogen-bond donors (Lipinski definition) is 2. The first-order valence-corrected chi connectivity index (χ1v) is 7.78. The lowest BCUT2D eigenvalue weighted by Gasteiger charge is -2.35. The summed E-state index contributed by atoms with van der Waals surface area (Å²) in [4.78, 5) is 15.3. The molecule has 0 bridgehead atoms. The highest BCUT2D eigenvalue weighted by Crippen LogP contribution is 2.26. The molecule has 0 aliphatic carbocycles. The molecule has 1 saturated heterocycles. The van der Waals surface area contributed by atoms with Crippen molar-refractivity contribution in [1.29, 1.82) is 0 Å². The Kier molecular flexibility index (Phi) is 5.30. The molecule has 1 amide bonds. The van der Waals surface area contributed by atoms with Crippen LogP contribution in [0.1, 0.15) is 36.0 Å². The summed E-state index contributed by atoms with van der Waals surface area (Å²) in [6.45, 7) is 0.898. The number of benzene rings is 1. The molecule has 1 N–H and O–H groups in total. The van der Waals surface area contributed by atoms with Gasteiger partial charge in [0.1, 0.15) is 0 Å². The lowest BCUT2D eigenvalue weighted by atomic mass is 9.98. The standard InChI is InChI=1S/C14H18BrNO2S/c15-13-5-4-11(19)9-12(13)14(18)16-7-2-1-3-10(16)6-8-17/h4-5,9-10,17,19H,1-3,6-8H2. The average molecular weight is 344 g/mol. The average Bonchev–Trinajstić information content (AvgIpc) is 2.42. The van der Waals surface area contributed by atoms with Gasteiger partial charge in [-0.15, -0.1) is 12.6 Å². The Bertz CT molecular complexity index is 465. The van der Waals surface area contributed by atoms with E-state index in [1.54, 1.807) is 6.07 Å². The highest BCUT2D eigenvalue weighted by atomic mass is 79.9. The minimum absolute atomic E-state index is 0.0286. The molecule has 0 spiro atoms. The summed E-state index contributed by atoms with van der Waals surface area (Å²) in [6, 6.07) is 5.65. The van der Waals surface area contributed by atoms with Gasteiger partial charge in [0.05, 0.1) is 5.56 Å². The predicted octanol–water partition coefficient (Wildman–Crippen LogP) is 3.11. The lowest BCUT2D eigenvalue weighted by molar-refractivity contribution is 0.0573. The Labute approximate surface area is 127 Å². The van der Waals surface area contributed by atoms with Crippen LogP contribution in [0.3, 0.4) is 0 Å². The first-order chi connectivity index (χ1) is 9.13. The molecule has 1 atom stereocenters. The zero-order chi connectivity index (χ0) is 13.8. The highest BCUT2D eigenvalue weighted by molar-refractivity contribution is 9.10. The second kappa shape index (κ2) is 6.77. The molecule has 19 heavy (non-hydrogen) atoms. The van der Waals surface area contributed by atoms with E-state index in [-0.39, 0.29) is 18.6 Å². The number of aliphatic hydroxyl groups excluding tert-OH is 1. The normalized spacial score (nSPS) is 19.5. The smallest absolute Gasteiger partial charge is 0.255 e. The molecule has 0 saturated carbocycles. The number of aliphatic hydroxyl groups is 1. The molecule has 1 unspecified atom stereocenters. The Morgan fingerprint density at radius 1 is 1.47 bits per heavy atom. The van der Waals surface area contributed by atoms with E-state index in [4.69, 9.17) is 5.11 Å². The fourth-order valence-electron chi connectivity index (χ4n) is 2.55. The second-order valence-corrected chi connectivity index (χ2v) is 6.20. The van der Waals surface area contributed by atoms with Crippen LogP contribution in [0.4, 0.5) is 0 Å². The number of halogens is 1. The van der Waals surface area contributed by atoms with Gasteiger partial charge in [-0.1, -0.05) is 0 Å². The molecule has 0 aromatic heterocycles. The molecule has 1 fully saturated rings. The molecule has 1 heterocycles. The summed E-state index contributed by atoms with van der Waals surface area (Å²) >= 11 is 7.72. The maximum absolute atomic E-state index is 12.6. The number of carbonyl (C=O) groups excluding carboxylic acids is 1. The number of hydrogen-bond acceptors (Lipinski definition) is 3. The number of carbonyl (C=O) groups is 1. The second-order valence-electron chi connectivity index (χ2n) is 4.82. The third-order valence-corrected chi connectivity index (χ3v) is 4.50. The maximum Gasteiger partial charge on any atom is 0.255 e. The van der Waals surface area contributed by atoms with Crippen molar-refractivity contribution in [2.45, 2.75) is 36.6 Å². The van der Waals surface area contributed by atoms with Crippen LogP contribution in [-0.2, 0) is 0 Å². The van der Waals surface area contributed by atoms with Crippen molar-refractivity contribution < 1.29 is 9.90 Å². The summed E-state index contributed by atoms with van der Waals surface area (Å²) in [5, 5.41) is 9.13. The van der Waals surface area contributed by atoms with Gasteiger partial charge in [-0.3, -0.25) is 4.79 Å². The third kappa shape index (κ3) is 3.52. The van der Waals surface area contributed by atoms with E-state index in [0.29, 0.717) is 12.0 Å². The molecule has 2 rings (SSSR count). The molecular weight excluding hydrogens is 326 g/mol. The molecular formula is C14H18BrNO2S. The van der Waals surface area contributed by atoms with Crippen molar-refractivity contribution >= 4 is 34.5 Å². The highest BCUT2D eigenvalue weighted by Gasteiger charge is 2.28. The van der Waals surface area contributed by atoms with Gasteiger partial charge in [-0.25, -0.2) is 0 Å². The minimum atomic E-state index is 0.0286. The quantitative estimate of drug-likeness (QED) is 0.828. The number of nitrogens with zero attached hydrogens (tertiary/aromatic N) is 1. The first kappa shape index (κ1) is 14.9. The predicted molar refractivity (Wildman–Crippen MR) is 81.8 cm³/mol. The number of thiol groups is 1. The number of likely N-dealkylation sites (tertiary alicyclic amines) is 1. The van der Waals surface area contributed by atoms with Gasteiger partial charge in [0.2, 0.25) is 0 Å². The van der Waals surface area contributed by atoms with Gasteiger partial charge >= 0.3 is 0 Å². The van der Waals surface area contributed by atoms with Gasteiger partial charge in [0.25, 0.3) is 5.91 Å². The van der Waals surface area contributed by atoms with Crippen LogP contribution >= 0.6 is 28.6 Å². The SMILES string of the molecule is O=C(c1cc(S)ccc1Br)N1CCCCC1CCO. The van der Waals surface area contributed by atoms with Crippen LogP contribution in [-0.4, -0.2) is 35.1 Å². The van der Waals surface area contributed by atoms with Crippen LogP contribution in [0.5, 0.6) is 0 Å². The van der Waals surface area contributed by atoms with Gasteiger partial charge in [-0.2, -0.15) is 0 Å². The Hall–Kier alpha value is -0.520. The van der Waals surface area contributed by atoms with Crippen LogP contribution in [0.15, 0.2) is 27.6 Å². The van der Waals surface area contributed by atoms with E-state index in [9.17, 15) is 4.79 Å². The molecule has 0 radical (unpaired) electrons. The summed E-state index contributed by atoms with van der Waals surface area (Å²) in [7, 11) is 0. The zero-order valence-corrected chi connectivity index (χ0v) is 13.2. The van der Waals surface area contributed by atoms with Crippen LogP contribution < -0.4 is 0 Å². The fraction of sp³-hybridized carbons (Fsp3) is 0.500. The van der Waals surface area contributed by atoms with Crippen molar-refractivity contribution in [3.63, 3.8) is 0 Å². The van der Waals surface area contributed by atoms with E-state index in [1.165, 1.54) is 0 Å². The van der Waals surface area contributed by atoms with Crippen molar-refractivity contribution in [1.82, 2.24) is 4.90 Å². The molecule has 5 heteroatoms. The van der Waals surface area contributed by atoms with Crippen molar-refractivity contribution in [3.8, 4) is 0 Å². The number of amides is 1. The van der Waals surface area contributed by atoms with E-state index < -0.39 is 0 Å². The van der Waals surface area contributed by atoms with Crippen molar-refractivity contribution in [2.24, 2.45) is 0 Å². The number of piperidine rings is 1. The van der Waals surface area contributed by atoms with Gasteiger partial charge in [0, 0.05) is 28.6 Å². The van der Waals surface area contributed by atoms with Gasteiger partial charge in [-0.05, 0) is 59.8 Å². The van der Waals surface area contributed by atoms with Gasteiger partial charge < -0.3 is 10.0 Å². The summed E-state index contributed by atoms with van der Waals surface area (Å²) in [6.07, 6.45) is 3.79. The van der Waals surface area contributed by atoms with Crippen LogP contribution in [0.25, 0.3) is 0 Å². The lowest BCUT2D eigenvalue weighted by Crippen LogP contribution is -2.44. The Morgan fingerprint density at radius 2 is 2.26 bits per heavy atom. The van der Waals surface area contributed by atoms with Crippen LogP contribution in [0, 0.1) is 0 Å². The maximum atomic E-state index is 12.6. The fourth-order valence-corrected chi connectivity index (χ4v) is 3.17.